The smallest absolute Gasteiger partial charge is 0.275 e. The minimum absolute atomic E-state index is 0.0251. The molecular weight excluding hydrogens is 371 g/mol. The minimum atomic E-state index is -3.76. The third-order valence-corrected chi connectivity index (χ3v) is 5.76. The van der Waals surface area contributed by atoms with Crippen molar-refractivity contribution in [3.05, 3.63) is 41.2 Å². The molecule has 11 heteroatoms. The van der Waals surface area contributed by atoms with Crippen molar-refractivity contribution in [3.63, 3.8) is 0 Å². The lowest BCUT2D eigenvalue weighted by molar-refractivity contribution is -0.110. The maximum atomic E-state index is 12.9. The van der Waals surface area contributed by atoms with Gasteiger partial charge in [0.15, 0.2) is 10.3 Å². The second-order valence-corrected chi connectivity index (χ2v) is 7.90. The maximum absolute atomic E-state index is 12.9. The number of aliphatic hydroxyl groups is 1. The van der Waals surface area contributed by atoms with E-state index < -0.39 is 26.8 Å². The van der Waals surface area contributed by atoms with E-state index in [1.54, 1.807) is 0 Å². The first-order valence-electron chi connectivity index (χ1n) is 6.94. The fourth-order valence-corrected chi connectivity index (χ4v) is 3.54. The normalized spacial score (nSPS) is 11.5. The van der Waals surface area contributed by atoms with Crippen LogP contribution in [0.15, 0.2) is 35.4 Å². The lowest BCUT2D eigenvalue weighted by Crippen LogP contribution is -2.29. The lowest BCUT2D eigenvalue weighted by atomic mass is 10.1. The van der Waals surface area contributed by atoms with Crippen LogP contribution in [0.25, 0.3) is 0 Å². The van der Waals surface area contributed by atoms with Crippen LogP contribution in [-0.4, -0.2) is 54.6 Å². The largest absolute Gasteiger partial charge is 0.395 e. The topological polar surface area (TPSA) is 123 Å². The number of nitrogens with one attached hydrogen (secondary N) is 2. The Bertz CT molecular complexity index is 880. The van der Waals surface area contributed by atoms with Gasteiger partial charge in [0, 0.05) is 19.2 Å². The summed E-state index contributed by atoms with van der Waals surface area (Å²) in [6.07, 6.45) is 0.951. The number of nitrogens with zero attached hydrogens (tertiary/aromatic N) is 2. The van der Waals surface area contributed by atoms with E-state index >= 15 is 0 Å². The van der Waals surface area contributed by atoms with E-state index in [2.05, 4.69) is 10.3 Å². The molecular formula is C14H15FN4O4S2. The molecule has 2 rings (SSSR count). The number of aromatic nitrogens is 1. The Hall–Kier alpha value is -2.21. The summed E-state index contributed by atoms with van der Waals surface area (Å²) in [5, 5.41) is 18.4. The number of thiazole rings is 1. The Morgan fingerprint density at radius 2 is 2.04 bits per heavy atom. The number of carbonyl (C=O) groups is 1. The van der Waals surface area contributed by atoms with Crippen LogP contribution in [0.1, 0.15) is 5.56 Å². The predicted octanol–water partition coefficient (Wildman–Crippen LogP) is 0.902. The van der Waals surface area contributed by atoms with E-state index in [1.807, 2.05) is 0 Å². The van der Waals surface area contributed by atoms with Crippen LogP contribution in [0.2, 0.25) is 0 Å². The van der Waals surface area contributed by atoms with Crippen LogP contribution in [0.3, 0.4) is 0 Å². The van der Waals surface area contributed by atoms with E-state index in [1.165, 1.54) is 31.3 Å². The van der Waals surface area contributed by atoms with Gasteiger partial charge in [-0.15, -0.1) is 0 Å². The third-order valence-electron chi connectivity index (χ3n) is 3.19. The molecule has 1 amide bonds. The number of amides is 1. The maximum Gasteiger partial charge on any atom is 0.275 e. The van der Waals surface area contributed by atoms with Crippen molar-refractivity contribution < 1.29 is 22.7 Å². The van der Waals surface area contributed by atoms with Crippen molar-refractivity contribution in [1.29, 1.82) is 5.41 Å². The predicted molar refractivity (Wildman–Crippen MR) is 90.9 cm³/mol. The van der Waals surface area contributed by atoms with Gasteiger partial charge in [-0.2, -0.15) is 8.70 Å². The van der Waals surface area contributed by atoms with Crippen molar-refractivity contribution in [3.8, 4) is 0 Å². The summed E-state index contributed by atoms with van der Waals surface area (Å²) in [5.41, 5.74) is -0.221. The van der Waals surface area contributed by atoms with Crippen LogP contribution < -0.4 is 5.32 Å². The number of aliphatic hydroxyl groups excluding tert-OH is 1. The molecule has 1 heterocycles. The van der Waals surface area contributed by atoms with Gasteiger partial charge in [0.1, 0.15) is 5.71 Å². The number of benzene rings is 1. The second kappa shape index (κ2) is 7.78. The lowest BCUT2D eigenvalue weighted by Gasteiger charge is -2.16. The molecule has 0 atom stereocenters. The third kappa shape index (κ3) is 4.45. The molecule has 134 valence electrons. The fourth-order valence-electron chi connectivity index (χ4n) is 1.84. The second-order valence-electron chi connectivity index (χ2n) is 4.87. The first-order valence-corrected chi connectivity index (χ1v) is 9.20. The Morgan fingerprint density at radius 1 is 1.40 bits per heavy atom. The molecule has 0 saturated heterocycles. The highest BCUT2D eigenvalue weighted by atomic mass is 32.2. The summed E-state index contributed by atoms with van der Waals surface area (Å²) >= 11 is 0.631. The number of halogens is 1. The standard InChI is InChI=1S/C14H15FN4O4S2/c1-19(6-7-20)25(22,23)10-4-2-9(3-5-10)12(16)13(21)18-14-17-8-11(15)24-14/h2-5,8,16,20H,6-7H2,1H3,(H,17,18,21). The molecule has 0 fully saturated rings. The van der Waals surface area contributed by atoms with Crippen LogP contribution in [0.5, 0.6) is 0 Å². The van der Waals surface area contributed by atoms with Gasteiger partial charge in [-0.25, -0.2) is 13.4 Å². The van der Waals surface area contributed by atoms with Crippen molar-refractivity contribution in [2.24, 2.45) is 0 Å². The Kier molecular flexibility index (Phi) is 5.95. The molecule has 0 spiro atoms. The van der Waals surface area contributed by atoms with Gasteiger partial charge in [-0.1, -0.05) is 23.5 Å². The van der Waals surface area contributed by atoms with E-state index in [0.717, 1.165) is 10.5 Å². The molecule has 0 aliphatic heterocycles. The van der Waals surface area contributed by atoms with Crippen molar-refractivity contribution >= 4 is 38.1 Å². The zero-order chi connectivity index (χ0) is 18.6. The number of likely N-dealkylation sites (N-methyl/N-ethyl adjacent to an activating group) is 1. The first kappa shape index (κ1) is 19.1. The Morgan fingerprint density at radius 3 is 2.56 bits per heavy atom. The highest BCUT2D eigenvalue weighted by Gasteiger charge is 2.21. The molecule has 1 aromatic carbocycles. The highest BCUT2D eigenvalue weighted by Crippen LogP contribution is 2.18. The van der Waals surface area contributed by atoms with Crippen molar-refractivity contribution in [2.75, 3.05) is 25.5 Å². The summed E-state index contributed by atoms with van der Waals surface area (Å²) in [5.74, 6) is -0.789. The number of anilines is 1. The summed E-state index contributed by atoms with van der Waals surface area (Å²) in [4.78, 5) is 15.6. The zero-order valence-corrected chi connectivity index (χ0v) is 14.7. The van der Waals surface area contributed by atoms with Gasteiger partial charge in [-0.3, -0.25) is 15.5 Å². The van der Waals surface area contributed by atoms with Gasteiger partial charge in [0.25, 0.3) is 5.91 Å². The number of sulfonamides is 1. The summed E-state index contributed by atoms with van der Waals surface area (Å²) in [6.45, 7) is -0.358. The van der Waals surface area contributed by atoms with Crippen LogP contribution in [0.4, 0.5) is 9.52 Å². The van der Waals surface area contributed by atoms with Gasteiger partial charge in [0.05, 0.1) is 17.7 Å². The van der Waals surface area contributed by atoms with E-state index in [9.17, 15) is 17.6 Å². The summed E-state index contributed by atoms with van der Waals surface area (Å²) < 4.78 is 38.3. The van der Waals surface area contributed by atoms with Crippen LogP contribution >= 0.6 is 11.3 Å². The minimum Gasteiger partial charge on any atom is -0.395 e. The van der Waals surface area contributed by atoms with Gasteiger partial charge < -0.3 is 5.11 Å². The van der Waals surface area contributed by atoms with E-state index in [0.29, 0.717) is 11.3 Å². The average Bonchev–Trinajstić information content (AvgIpc) is 2.99. The average molecular weight is 386 g/mol. The molecule has 2 aromatic rings. The quantitative estimate of drug-likeness (QED) is 0.610. The molecule has 0 unspecified atom stereocenters. The van der Waals surface area contributed by atoms with Crippen molar-refractivity contribution in [2.45, 2.75) is 4.90 Å². The SMILES string of the molecule is CN(CCO)S(=O)(=O)c1ccc(C(=N)C(=O)Nc2ncc(F)s2)cc1. The van der Waals surface area contributed by atoms with E-state index in [-0.39, 0.29) is 28.7 Å². The van der Waals surface area contributed by atoms with Gasteiger partial charge in [-0.05, 0) is 12.1 Å². The molecule has 0 aliphatic rings. The monoisotopic (exact) mass is 386 g/mol. The highest BCUT2D eigenvalue weighted by molar-refractivity contribution is 7.89. The molecule has 1 aromatic heterocycles. The summed E-state index contributed by atoms with van der Waals surface area (Å²) in [7, 11) is -2.42. The molecule has 0 aliphatic carbocycles. The zero-order valence-electron chi connectivity index (χ0n) is 13.1. The van der Waals surface area contributed by atoms with Crippen LogP contribution in [0, 0.1) is 10.5 Å². The molecule has 0 saturated carbocycles. The Balaban J connectivity index is 2.13. The Labute approximate surface area is 147 Å². The van der Waals surface area contributed by atoms with Gasteiger partial charge >= 0.3 is 0 Å². The summed E-state index contributed by atoms with van der Waals surface area (Å²) in [6, 6.07) is 5.18. The molecule has 25 heavy (non-hydrogen) atoms. The molecule has 0 radical (unpaired) electrons. The first-order chi connectivity index (χ1) is 11.8. The molecule has 0 bridgehead atoms. The number of carbonyl (C=O) groups excluding carboxylic acids is 1. The van der Waals surface area contributed by atoms with Gasteiger partial charge in [0.2, 0.25) is 10.0 Å². The van der Waals surface area contributed by atoms with Crippen molar-refractivity contribution in [1.82, 2.24) is 9.29 Å². The number of hydrogen-bond donors (Lipinski definition) is 3. The van der Waals surface area contributed by atoms with E-state index in [4.69, 9.17) is 10.5 Å². The van der Waals surface area contributed by atoms with Crippen LogP contribution in [-0.2, 0) is 14.8 Å². The molecule has 8 nitrogen and oxygen atoms in total. The molecule has 3 N–H and O–H groups in total. The number of rotatable bonds is 7. The fraction of sp³-hybridized carbons (Fsp3) is 0.214. The number of hydrogen-bond acceptors (Lipinski definition) is 7.